The van der Waals surface area contributed by atoms with Crippen molar-refractivity contribution >= 4 is 33.5 Å². The minimum atomic E-state index is -0.458. The zero-order valence-corrected chi connectivity index (χ0v) is 10.6. The third kappa shape index (κ3) is 3.57. The maximum Gasteiger partial charge on any atom is 0.337 e. The third-order valence-corrected chi connectivity index (χ3v) is 2.56. The summed E-state index contributed by atoms with van der Waals surface area (Å²) in [5.41, 5.74) is 0.871. The molecule has 0 aliphatic rings. The minimum Gasteiger partial charge on any atom is -0.465 e. The second kappa shape index (κ2) is 6.01. The van der Waals surface area contributed by atoms with E-state index in [0.717, 1.165) is 0 Å². The van der Waals surface area contributed by atoms with Crippen LogP contribution in [0.25, 0.3) is 0 Å². The number of anilines is 1. The molecule has 1 aromatic rings. The summed E-state index contributed by atoms with van der Waals surface area (Å²) in [6.45, 7) is 0. The van der Waals surface area contributed by atoms with Gasteiger partial charge in [0.15, 0.2) is 0 Å². The van der Waals surface area contributed by atoms with E-state index in [9.17, 15) is 9.59 Å². The summed E-state index contributed by atoms with van der Waals surface area (Å²) in [4.78, 5) is 22.4. The predicted octanol–water partition coefficient (Wildman–Crippen LogP) is 2.09. The SMILES string of the molecule is COC(=O)c1ccc(NC(=O)CC#N)c(Br)c1. The number of esters is 1. The molecule has 1 amide bonds. The Morgan fingerprint density at radius 2 is 2.24 bits per heavy atom. The number of hydrogen-bond donors (Lipinski definition) is 1. The fourth-order valence-electron chi connectivity index (χ4n) is 1.13. The fraction of sp³-hybridized carbons (Fsp3) is 0.182. The Morgan fingerprint density at radius 1 is 1.53 bits per heavy atom. The summed E-state index contributed by atoms with van der Waals surface area (Å²) in [5, 5.41) is 10.9. The van der Waals surface area contributed by atoms with E-state index in [2.05, 4.69) is 26.0 Å². The van der Waals surface area contributed by atoms with Crippen LogP contribution in [-0.2, 0) is 9.53 Å². The number of carbonyl (C=O) groups excluding carboxylic acids is 2. The van der Waals surface area contributed by atoms with Crippen LogP contribution in [0, 0.1) is 11.3 Å². The average Bonchev–Trinajstić information content (AvgIpc) is 2.31. The largest absolute Gasteiger partial charge is 0.465 e. The number of carbonyl (C=O) groups is 2. The van der Waals surface area contributed by atoms with Gasteiger partial charge in [0.25, 0.3) is 0 Å². The molecule has 6 heteroatoms. The van der Waals surface area contributed by atoms with Crippen LogP contribution in [0.1, 0.15) is 16.8 Å². The van der Waals surface area contributed by atoms with E-state index in [4.69, 9.17) is 5.26 Å². The van der Waals surface area contributed by atoms with E-state index in [1.165, 1.54) is 19.2 Å². The summed E-state index contributed by atoms with van der Waals surface area (Å²) >= 11 is 3.22. The van der Waals surface area contributed by atoms with Crippen LogP contribution in [0.5, 0.6) is 0 Å². The van der Waals surface area contributed by atoms with Gasteiger partial charge in [0.1, 0.15) is 6.42 Å². The number of nitrogens with zero attached hydrogens (tertiary/aromatic N) is 1. The Bertz CT molecular complexity index is 494. The number of ether oxygens (including phenoxy) is 1. The summed E-state index contributed by atoms with van der Waals surface area (Å²) in [6, 6.07) is 6.37. The Hall–Kier alpha value is -1.87. The highest BCUT2D eigenvalue weighted by molar-refractivity contribution is 9.10. The van der Waals surface area contributed by atoms with Crippen LogP contribution in [-0.4, -0.2) is 19.0 Å². The van der Waals surface area contributed by atoms with E-state index in [1.807, 2.05) is 0 Å². The zero-order chi connectivity index (χ0) is 12.8. The average molecular weight is 297 g/mol. The summed E-state index contributed by atoms with van der Waals surface area (Å²) in [6.07, 6.45) is -0.217. The molecule has 0 spiro atoms. The maximum absolute atomic E-state index is 11.2. The molecule has 0 saturated heterocycles. The molecule has 0 aliphatic heterocycles. The lowest BCUT2D eigenvalue weighted by Gasteiger charge is -2.07. The molecular weight excluding hydrogens is 288 g/mol. The number of amides is 1. The molecule has 0 fully saturated rings. The van der Waals surface area contributed by atoms with Crippen LogP contribution >= 0.6 is 15.9 Å². The van der Waals surface area contributed by atoms with Crippen LogP contribution in [0.2, 0.25) is 0 Å². The van der Waals surface area contributed by atoms with Crippen molar-refractivity contribution in [2.75, 3.05) is 12.4 Å². The molecule has 0 unspecified atom stereocenters. The van der Waals surface area contributed by atoms with Crippen LogP contribution in [0.15, 0.2) is 22.7 Å². The van der Waals surface area contributed by atoms with E-state index in [0.29, 0.717) is 15.7 Å². The predicted molar refractivity (Wildman–Crippen MR) is 64.3 cm³/mol. The number of halogens is 1. The number of benzene rings is 1. The smallest absolute Gasteiger partial charge is 0.337 e. The first-order valence-corrected chi connectivity index (χ1v) is 5.42. The molecule has 0 bridgehead atoms. The van der Waals surface area contributed by atoms with Gasteiger partial charge in [-0.15, -0.1) is 0 Å². The van der Waals surface area contributed by atoms with E-state index in [1.54, 1.807) is 12.1 Å². The maximum atomic E-state index is 11.2. The van der Waals surface area contributed by atoms with Crippen molar-refractivity contribution < 1.29 is 14.3 Å². The first-order chi connectivity index (χ1) is 8.08. The van der Waals surface area contributed by atoms with Gasteiger partial charge in [0.05, 0.1) is 24.4 Å². The Balaban J connectivity index is 2.87. The lowest BCUT2D eigenvalue weighted by molar-refractivity contribution is -0.115. The molecule has 17 heavy (non-hydrogen) atoms. The molecule has 88 valence electrons. The van der Waals surface area contributed by atoms with Crippen molar-refractivity contribution in [2.24, 2.45) is 0 Å². The monoisotopic (exact) mass is 296 g/mol. The second-order valence-electron chi connectivity index (χ2n) is 3.07. The molecule has 0 heterocycles. The topological polar surface area (TPSA) is 79.2 Å². The van der Waals surface area contributed by atoms with Crippen LogP contribution in [0.3, 0.4) is 0 Å². The van der Waals surface area contributed by atoms with Gasteiger partial charge in [-0.25, -0.2) is 4.79 Å². The highest BCUT2D eigenvalue weighted by atomic mass is 79.9. The van der Waals surface area contributed by atoms with E-state index >= 15 is 0 Å². The molecule has 5 nitrogen and oxygen atoms in total. The van der Waals surface area contributed by atoms with Crippen molar-refractivity contribution in [1.29, 1.82) is 5.26 Å². The van der Waals surface area contributed by atoms with Gasteiger partial charge in [-0.3, -0.25) is 4.79 Å². The third-order valence-electron chi connectivity index (χ3n) is 1.90. The van der Waals surface area contributed by atoms with Crippen molar-refractivity contribution in [1.82, 2.24) is 0 Å². The van der Waals surface area contributed by atoms with Gasteiger partial charge in [-0.2, -0.15) is 5.26 Å². The molecule has 0 aliphatic carbocycles. The molecule has 1 aromatic carbocycles. The molecular formula is C11H9BrN2O3. The first kappa shape index (κ1) is 13.2. The highest BCUT2D eigenvalue weighted by Crippen LogP contribution is 2.24. The Labute approximate surface area is 107 Å². The normalized spacial score (nSPS) is 9.24. The second-order valence-corrected chi connectivity index (χ2v) is 3.92. The van der Waals surface area contributed by atoms with Gasteiger partial charge in [0.2, 0.25) is 5.91 Å². The number of rotatable bonds is 3. The summed E-state index contributed by atoms with van der Waals surface area (Å²) in [5.74, 6) is -0.861. The molecule has 0 saturated carbocycles. The first-order valence-electron chi connectivity index (χ1n) is 4.63. The van der Waals surface area contributed by atoms with Crippen LogP contribution < -0.4 is 5.32 Å². The Morgan fingerprint density at radius 3 is 2.76 bits per heavy atom. The molecule has 1 rings (SSSR count). The summed E-state index contributed by atoms with van der Waals surface area (Å²) in [7, 11) is 1.29. The molecule has 0 radical (unpaired) electrons. The molecule has 0 atom stereocenters. The van der Waals surface area contributed by atoms with Gasteiger partial charge in [-0.05, 0) is 34.1 Å². The lowest BCUT2D eigenvalue weighted by Crippen LogP contribution is -2.11. The van der Waals surface area contributed by atoms with Crippen LogP contribution in [0.4, 0.5) is 5.69 Å². The number of nitriles is 1. The standard InChI is InChI=1S/C11H9BrN2O3/c1-17-11(16)7-2-3-9(8(12)6-7)14-10(15)4-5-13/h2-3,6H,4H2,1H3,(H,14,15). The van der Waals surface area contributed by atoms with Gasteiger partial charge in [0, 0.05) is 4.47 Å². The van der Waals surface area contributed by atoms with E-state index < -0.39 is 11.9 Å². The Kier molecular flexibility index (Phi) is 4.67. The fourth-order valence-corrected chi connectivity index (χ4v) is 1.61. The molecule has 1 N–H and O–H groups in total. The van der Waals surface area contributed by atoms with Gasteiger partial charge in [-0.1, -0.05) is 0 Å². The summed E-state index contributed by atoms with van der Waals surface area (Å²) < 4.78 is 5.11. The zero-order valence-electron chi connectivity index (χ0n) is 8.99. The lowest BCUT2D eigenvalue weighted by atomic mass is 10.2. The number of methoxy groups -OCH3 is 1. The van der Waals surface area contributed by atoms with E-state index in [-0.39, 0.29) is 6.42 Å². The highest BCUT2D eigenvalue weighted by Gasteiger charge is 2.10. The van der Waals surface area contributed by atoms with Gasteiger partial charge < -0.3 is 10.1 Å². The van der Waals surface area contributed by atoms with Crippen molar-refractivity contribution in [3.63, 3.8) is 0 Å². The molecule has 0 aromatic heterocycles. The number of nitrogens with one attached hydrogen (secondary N) is 1. The number of hydrogen-bond acceptors (Lipinski definition) is 4. The minimum absolute atomic E-state index is 0.217. The quantitative estimate of drug-likeness (QED) is 0.866. The van der Waals surface area contributed by atoms with Crippen molar-refractivity contribution in [3.05, 3.63) is 28.2 Å². The van der Waals surface area contributed by atoms with Crippen molar-refractivity contribution in [2.45, 2.75) is 6.42 Å². The van der Waals surface area contributed by atoms with Crippen molar-refractivity contribution in [3.8, 4) is 6.07 Å². The van der Waals surface area contributed by atoms with Gasteiger partial charge >= 0.3 is 5.97 Å².